The predicted molar refractivity (Wildman–Crippen MR) is 87.2 cm³/mol. The number of aryl methyl sites for hydroxylation is 1. The Bertz CT molecular complexity index is 728. The molecule has 1 fully saturated rings. The molecule has 2 heterocycles. The van der Waals surface area contributed by atoms with E-state index in [0.29, 0.717) is 25.4 Å². The number of aromatic nitrogens is 2. The third-order valence-electron chi connectivity index (χ3n) is 4.22. The van der Waals surface area contributed by atoms with Gasteiger partial charge in [-0.3, -0.25) is 9.59 Å². The van der Waals surface area contributed by atoms with Crippen molar-refractivity contribution in [3.8, 4) is 5.75 Å². The van der Waals surface area contributed by atoms with Crippen LogP contribution in [0.4, 0.5) is 0 Å². The number of nitrogens with two attached hydrogens (primary N) is 1. The summed E-state index contributed by atoms with van der Waals surface area (Å²) in [5.74, 6) is -0.413. The van der Waals surface area contributed by atoms with E-state index in [1.807, 2.05) is 30.3 Å². The normalized spacial score (nSPS) is 20.1. The number of amides is 2. The molecule has 3 rings (SSSR count). The fourth-order valence-electron chi connectivity index (χ4n) is 2.93. The van der Waals surface area contributed by atoms with Crippen LogP contribution in [0.5, 0.6) is 5.75 Å². The second-order valence-electron chi connectivity index (χ2n) is 6.03. The summed E-state index contributed by atoms with van der Waals surface area (Å²) >= 11 is 0. The van der Waals surface area contributed by atoms with Gasteiger partial charge in [-0.1, -0.05) is 18.2 Å². The molecule has 2 aromatic rings. The van der Waals surface area contributed by atoms with E-state index in [0.717, 1.165) is 5.75 Å². The highest BCUT2D eigenvalue weighted by Gasteiger charge is 2.39. The SMILES string of the molecule is Cn1cnc(C(=O)N2C[C@@H](COc3ccccc3)[C@H](C(N)=O)C2)c1. The Hall–Kier alpha value is -2.83. The Morgan fingerprint density at radius 3 is 2.67 bits per heavy atom. The quantitative estimate of drug-likeness (QED) is 0.873. The molecular weight excluding hydrogens is 308 g/mol. The molecule has 24 heavy (non-hydrogen) atoms. The molecule has 2 atom stereocenters. The Labute approximate surface area is 140 Å². The van der Waals surface area contributed by atoms with Crippen LogP contribution in [-0.2, 0) is 11.8 Å². The molecule has 2 N–H and O–H groups in total. The second-order valence-corrected chi connectivity index (χ2v) is 6.03. The van der Waals surface area contributed by atoms with E-state index in [1.54, 1.807) is 29.0 Å². The molecule has 1 saturated heterocycles. The van der Waals surface area contributed by atoms with Gasteiger partial charge in [0.1, 0.15) is 11.4 Å². The molecule has 0 radical (unpaired) electrons. The fourth-order valence-corrected chi connectivity index (χ4v) is 2.93. The summed E-state index contributed by atoms with van der Waals surface area (Å²) in [6.45, 7) is 1.06. The second kappa shape index (κ2) is 6.74. The van der Waals surface area contributed by atoms with Crippen molar-refractivity contribution in [2.75, 3.05) is 19.7 Å². The lowest BCUT2D eigenvalue weighted by molar-refractivity contribution is -0.122. The molecule has 0 unspecified atom stereocenters. The summed E-state index contributed by atoms with van der Waals surface area (Å²) in [6.07, 6.45) is 3.24. The van der Waals surface area contributed by atoms with Crippen molar-refractivity contribution < 1.29 is 14.3 Å². The minimum Gasteiger partial charge on any atom is -0.493 e. The summed E-state index contributed by atoms with van der Waals surface area (Å²) in [5, 5.41) is 0. The van der Waals surface area contributed by atoms with Crippen LogP contribution in [0.3, 0.4) is 0 Å². The van der Waals surface area contributed by atoms with Crippen LogP contribution in [0.2, 0.25) is 0 Å². The van der Waals surface area contributed by atoms with E-state index in [-0.39, 0.29) is 11.8 Å². The maximum atomic E-state index is 12.5. The number of likely N-dealkylation sites (tertiary alicyclic amines) is 1. The van der Waals surface area contributed by atoms with E-state index in [4.69, 9.17) is 10.5 Å². The molecule has 1 aromatic heterocycles. The van der Waals surface area contributed by atoms with Crippen molar-refractivity contribution in [3.05, 3.63) is 48.5 Å². The smallest absolute Gasteiger partial charge is 0.274 e. The molecule has 0 spiro atoms. The lowest BCUT2D eigenvalue weighted by atomic mass is 9.96. The van der Waals surface area contributed by atoms with Gasteiger partial charge in [0.2, 0.25) is 5.91 Å². The molecule has 1 aliphatic rings. The molecule has 7 heteroatoms. The van der Waals surface area contributed by atoms with Gasteiger partial charge in [0, 0.05) is 32.3 Å². The monoisotopic (exact) mass is 328 g/mol. The highest BCUT2D eigenvalue weighted by molar-refractivity contribution is 5.93. The predicted octanol–water partition coefficient (Wildman–Crippen LogP) is 0.673. The fraction of sp³-hybridized carbons (Fsp3) is 0.353. The molecule has 7 nitrogen and oxygen atoms in total. The van der Waals surface area contributed by atoms with Crippen molar-refractivity contribution in [3.63, 3.8) is 0 Å². The van der Waals surface area contributed by atoms with Crippen LogP contribution in [0.15, 0.2) is 42.9 Å². The van der Waals surface area contributed by atoms with Gasteiger partial charge in [-0.25, -0.2) is 4.98 Å². The lowest BCUT2D eigenvalue weighted by Gasteiger charge is -2.16. The Kier molecular flexibility index (Phi) is 4.50. The van der Waals surface area contributed by atoms with Crippen molar-refractivity contribution in [1.82, 2.24) is 14.5 Å². The summed E-state index contributed by atoms with van der Waals surface area (Å²) < 4.78 is 7.46. The van der Waals surface area contributed by atoms with Crippen LogP contribution < -0.4 is 10.5 Å². The van der Waals surface area contributed by atoms with E-state index in [2.05, 4.69) is 4.98 Å². The summed E-state index contributed by atoms with van der Waals surface area (Å²) in [4.78, 5) is 29.9. The first-order valence-electron chi connectivity index (χ1n) is 7.79. The topological polar surface area (TPSA) is 90.4 Å². The first-order valence-corrected chi connectivity index (χ1v) is 7.79. The van der Waals surface area contributed by atoms with Crippen molar-refractivity contribution >= 4 is 11.8 Å². The Morgan fingerprint density at radius 2 is 2.04 bits per heavy atom. The van der Waals surface area contributed by atoms with E-state index in [9.17, 15) is 9.59 Å². The number of ether oxygens (including phenoxy) is 1. The van der Waals surface area contributed by atoms with E-state index < -0.39 is 11.8 Å². The van der Waals surface area contributed by atoms with Crippen LogP contribution in [-0.4, -0.2) is 46.0 Å². The zero-order valence-electron chi connectivity index (χ0n) is 13.5. The van der Waals surface area contributed by atoms with E-state index >= 15 is 0 Å². The van der Waals surface area contributed by atoms with Crippen LogP contribution in [0.1, 0.15) is 10.5 Å². The van der Waals surface area contributed by atoms with Gasteiger partial charge in [0.05, 0.1) is 18.9 Å². The molecule has 1 aliphatic heterocycles. The highest BCUT2D eigenvalue weighted by atomic mass is 16.5. The number of benzene rings is 1. The third kappa shape index (κ3) is 3.40. The molecule has 0 aliphatic carbocycles. The Balaban J connectivity index is 1.67. The van der Waals surface area contributed by atoms with Gasteiger partial charge in [0.15, 0.2) is 0 Å². The standard InChI is InChI=1S/C17H20N4O3/c1-20-9-15(19-11-20)17(23)21-7-12(14(8-21)16(18)22)10-24-13-5-3-2-4-6-13/h2-6,9,11-12,14H,7-8,10H2,1H3,(H2,18,22)/t12-,14+/m0/s1. The van der Waals surface area contributed by atoms with Crippen LogP contribution in [0, 0.1) is 11.8 Å². The minimum absolute atomic E-state index is 0.129. The van der Waals surface area contributed by atoms with Crippen molar-refractivity contribution in [2.24, 2.45) is 24.6 Å². The maximum Gasteiger partial charge on any atom is 0.274 e. The van der Waals surface area contributed by atoms with Crippen LogP contribution in [0.25, 0.3) is 0 Å². The Morgan fingerprint density at radius 1 is 1.29 bits per heavy atom. The molecule has 2 amide bonds. The largest absolute Gasteiger partial charge is 0.493 e. The van der Waals surface area contributed by atoms with Crippen LogP contribution >= 0.6 is 0 Å². The van der Waals surface area contributed by atoms with E-state index in [1.165, 1.54) is 0 Å². The minimum atomic E-state index is -0.415. The third-order valence-corrected chi connectivity index (χ3v) is 4.22. The molecule has 0 saturated carbocycles. The molecule has 0 bridgehead atoms. The van der Waals surface area contributed by atoms with Gasteiger partial charge in [-0.2, -0.15) is 0 Å². The first-order chi connectivity index (χ1) is 11.5. The average Bonchev–Trinajstić information content (AvgIpc) is 3.20. The summed E-state index contributed by atoms with van der Waals surface area (Å²) in [5.41, 5.74) is 5.88. The summed E-state index contributed by atoms with van der Waals surface area (Å²) in [6, 6.07) is 9.37. The number of carbonyl (C=O) groups is 2. The van der Waals surface area contributed by atoms with Gasteiger partial charge in [-0.15, -0.1) is 0 Å². The molecule has 1 aromatic carbocycles. The maximum absolute atomic E-state index is 12.5. The number of hydrogen-bond donors (Lipinski definition) is 1. The summed E-state index contributed by atoms with van der Waals surface area (Å²) in [7, 11) is 1.80. The van der Waals surface area contributed by atoms with Gasteiger partial charge >= 0.3 is 0 Å². The number of rotatable bonds is 5. The van der Waals surface area contributed by atoms with Crippen molar-refractivity contribution in [1.29, 1.82) is 0 Å². The molecular formula is C17H20N4O3. The van der Waals surface area contributed by atoms with Gasteiger partial charge in [0.25, 0.3) is 5.91 Å². The number of hydrogen-bond acceptors (Lipinski definition) is 4. The number of carbonyl (C=O) groups excluding carboxylic acids is 2. The average molecular weight is 328 g/mol. The van der Waals surface area contributed by atoms with Gasteiger partial charge in [-0.05, 0) is 12.1 Å². The van der Waals surface area contributed by atoms with Crippen molar-refractivity contribution in [2.45, 2.75) is 0 Å². The zero-order chi connectivity index (χ0) is 17.1. The lowest BCUT2D eigenvalue weighted by Crippen LogP contribution is -2.33. The zero-order valence-corrected chi connectivity index (χ0v) is 13.5. The van der Waals surface area contributed by atoms with Gasteiger partial charge < -0.3 is 19.9 Å². The number of primary amides is 1. The molecule has 126 valence electrons. The first kappa shape index (κ1) is 16.0. The number of nitrogens with zero attached hydrogens (tertiary/aromatic N) is 3. The number of para-hydroxylation sites is 1. The highest BCUT2D eigenvalue weighted by Crippen LogP contribution is 2.25. The number of imidazole rings is 1.